The van der Waals surface area contributed by atoms with Gasteiger partial charge in [-0.15, -0.1) is 11.3 Å². The van der Waals surface area contributed by atoms with Gasteiger partial charge < -0.3 is 10.4 Å². The molecule has 0 aliphatic rings. The molecular weight excluding hydrogens is 206 g/mol. The molecule has 0 radical (unpaired) electrons. The molecule has 1 atom stereocenters. The highest BCUT2D eigenvalue weighted by Gasteiger charge is 2.09. The molecule has 0 spiro atoms. The third-order valence-corrected chi connectivity index (χ3v) is 3.75. The highest BCUT2D eigenvalue weighted by Crippen LogP contribution is 2.33. The smallest absolute Gasteiger partial charge is 0.133 e. The summed E-state index contributed by atoms with van der Waals surface area (Å²) in [5.41, 5.74) is 1.31. The number of fused-ring (bicyclic) bond motifs is 1. The fraction of sp³-hybridized carbons (Fsp3) is 0.333. The Hall–Kier alpha value is -1.06. The number of nitrogens with one attached hydrogen (secondary N) is 1. The first-order valence-corrected chi connectivity index (χ1v) is 5.95. The second kappa shape index (κ2) is 4.21. The number of phenolic OH excluding ortho intramolecular Hbond substituents is 1. The molecule has 2 N–H and O–H groups in total. The molecule has 0 fully saturated rings. The molecule has 0 aliphatic heterocycles. The van der Waals surface area contributed by atoms with E-state index in [1.54, 1.807) is 17.4 Å². The van der Waals surface area contributed by atoms with Gasteiger partial charge >= 0.3 is 0 Å². The maximum absolute atomic E-state index is 9.67. The lowest BCUT2D eigenvalue weighted by Gasteiger charge is -2.08. The molecule has 0 saturated heterocycles. The van der Waals surface area contributed by atoms with Crippen LogP contribution in [0.2, 0.25) is 0 Å². The van der Waals surface area contributed by atoms with Gasteiger partial charge in [-0.2, -0.15) is 0 Å². The number of rotatable bonds is 3. The summed E-state index contributed by atoms with van der Waals surface area (Å²) < 4.78 is 0.996. The van der Waals surface area contributed by atoms with E-state index in [2.05, 4.69) is 23.7 Å². The van der Waals surface area contributed by atoms with Gasteiger partial charge in [0, 0.05) is 6.04 Å². The lowest BCUT2D eigenvalue weighted by atomic mass is 10.1. The van der Waals surface area contributed by atoms with Gasteiger partial charge in [0.05, 0.1) is 4.70 Å². The lowest BCUT2D eigenvalue weighted by molar-refractivity contribution is 0.482. The highest BCUT2D eigenvalue weighted by molar-refractivity contribution is 7.17. The Morgan fingerprint density at radius 2 is 2.27 bits per heavy atom. The van der Waals surface area contributed by atoms with E-state index in [0.29, 0.717) is 11.8 Å². The Morgan fingerprint density at radius 3 is 3.00 bits per heavy atom. The van der Waals surface area contributed by atoms with Gasteiger partial charge in [-0.3, -0.25) is 0 Å². The van der Waals surface area contributed by atoms with E-state index in [1.165, 1.54) is 10.9 Å². The van der Waals surface area contributed by atoms with Crippen molar-refractivity contribution in [3.05, 3.63) is 29.1 Å². The number of thiophene rings is 1. The van der Waals surface area contributed by atoms with Crippen molar-refractivity contribution >= 4 is 21.4 Å². The maximum Gasteiger partial charge on any atom is 0.133 e. The quantitative estimate of drug-likeness (QED) is 0.835. The maximum atomic E-state index is 9.67. The zero-order valence-corrected chi connectivity index (χ0v) is 9.77. The summed E-state index contributed by atoms with van der Waals surface area (Å²) in [4.78, 5) is 0. The molecule has 0 amide bonds. The molecule has 2 nitrogen and oxygen atoms in total. The average molecular weight is 221 g/mol. The Labute approximate surface area is 93.6 Å². The largest absolute Gasteiger partial charge is 0.506 e. The van der Waals surface area contributed by atoms with E-state index in [-0.39, 0.29) is 0 Å². The predicted octanol–water partition coefficient (Wildman–Crippen LogP) is 2.76. The van der Waals surface area contributed by atoms with E-state index in [4.69, 9.17) is 0 Å². The first kappa shape index (κ1) is 10.5. The first-order chi connectivity index (χ1) is 7.22. The molecule has 15 heavy (non-hydrogen) atoms. The van der Waals surface area contributed by atoms with Gasteiger partial charge in [0.15, 0.2) is 0 Å². The number of likely N-dealkylation sites (N-methyl/N-ethyl adjacent to an activating group) is 1. The Kier molecular flexibility index (Phi) is 2.93. The summed E-state index contributed by atoms with van der Waals surface area (Å²) >= 11 is 1.62. The Balaban J connectivity index is 2.41. The van der Waals surface area contributed by atoms with Gasteiger partial charge in [0.1, 0.15) is 5.75 Å². The van der Waals surface area contributed by atoms with E-state index in [9.17, 15) is 5.11 Å². The van der Waals surface area contributed by atoms with Crippen LogP contribution in [0.3, 0.4) is 0 Å². The van der Waals surface area contributed by atoms with Gasteiger partial charge in [-0.1, -0.05) is 12.1 Å². The van der Waals surface area contributed by atoms with E-state index >= 15 is 0 Å². The fourth-order valence-electron chi connectivity index (χ4n) is 1.69. The van der Waals surface area contributed by atoms with Crippen LogP contribution in [0.4, 0.5) is 0 Å². The zero-order valence-electron chi connectivity index (χ0n) is 8.95. The second-order valence-corrected chi connectivity index (χ2v) is 4.69. The minimum absolute atomic E-state index is 0.390. The molecular formula is C12H15NOS. The highest BCUT2D eigenvalue weighted by atomic mass is 32.1. The molecule has 80 valence electrons. The van der Waals surface area contributed by atoms with Gasteiger partial charge in [-0.05, 0) is 42.8 Å². The molecule has 1 unspecified atom stereocenters. The molecule has 2 aromatic rings. The van der Waals surface area contributed by atoms with E-state index < -0.39 is 0 Å². The molecule has 1 heterocycles. The summed E-state index contributed by atoms with van der Waals surface area (Å²) in [7, 11) is 1.97. The van der Waals surface area contributed by atoms with Crippen molar-refractivity contribution in [2.75, 3.05) is 7.05 Å². The Bertz CT molecular complexity index is 464. The van der Waals surface area contributed by atoms with Crippen molar-refractivity contribution in [2.45, 2.75) is 19.4 Å². The fourth-order valence-corrected chi connectivity index (χ4v) is 2.68. The van der Waals surface area contributed by atoms with Crippen LogP contribution in [0, 0.1) is 0 Å². The van der Waals surface area contributed by atoms with Gasteiger partial charge in [0.25, 0.3) is 0 Å². The summed E-state index contributed by atoms with van der Waals surface area (Å²) in [6, 6.07) is 6.18. The molecule has 1 aromatic carbocycles. The van der Waals surface area contributed by atoms with E-state index in [0.717, 1.165) is 11.1 Å². The summed E-state index contributed by atoms with van der Waals surface area (Å²) in [5.74, 6) is 0.390. The molecule has 0 saturated carbocycles. The second-order valence-electron chi connectivity index (χ2n) is 3.81. The predicted molar refractivity (Wildman–Crippen MR) is 65.7 cm³/mol. The molecule has 0 bridgehead atoms. The van der Waals surface area contributed by atoms with Gasteiger partial charge in [-0.25, -0.2) is 0 Å². The van der Waals surface area contributed by atoms with E-state index in [1.807, 2.05) is 13.1 Å². The molecule has 0 aliphatic carbocycles. The number of phenols is 1. The van der Waals surface area contributed by atoms with Crippen LogP contribution in [-0.4, -0.2) is 18.2 Å². The molecule has 2 rings (SSSR count). The average Bonchev–Trinajstić information content (AvgIpc) is 2.63. The zero-order chi connectivity index (χ0) is 10.8. The Morgan fingerprint density at radius 1 is 1.47 bits per heavy atom. The molecule has 3 heteroatoms. The summed E-state index contributed by atoms with van der Waals surface area (Å²) in [5, 5.41) is 16.2. The number of aromatic hydroxyl groups is 1. The van der Waals surface area contributed by atoms with Crippen LogP contribution in [0.25, 0.3) is 10.1 Å². The van der Waals surface area contributed by atoms with Crippen molar-refractivity contribution in [1.82, 2.24) is 5.32 Å². The van der Waals surface area contributed by atoms with Crippen molar-refractivity contribution in [3.63, 3.8) is 0 Å². The van der Waals surface area contributed by atoms with Crippen molar-refractivity contribution in [3.8, 4) is 5.75 Å². The number of benzene rings is 1. The monoisotopic (exact) mass is 221 g/mol. The topological polar surface area (TPSA) is 32.3 Å². The molecule has 1 aromatic heterocycles. The summed E-state index contributed by atoms with van der Waals surface area (Å²) in [6.07, 6.45) is 1.000. The van der Waals surface area contributed by atoms with Crippen LogP contribution in [-0.2, 0) is 6.42 Å². The summed E-state index contributed by atoms with van der Waals surface area (Å²) in [6.45, 7) is 2.16. The third-order valence-electron chi connectivity index (χ3n) is 2.68. The minimum atomic E-state index is 0.390. The third kappa shape index (κ3) is 1.98. The van der Waals surface area contributed by atoms with Crippen molar-refractivity contribution < 1.29 is 5.11 Å². The standard InChI is InChI=1S/C12H15NOS/c1-8(13-2)6-9-7-15-12-10(9)4-3-5-11(12)14/h3-5,7-8,13-14H,6H2,1-2H3. The van der Waals surface area contributed by atoms with Crippen LogP contribution in [0.5, 0.6) is 5.75 Å². The van der Waals surface area contributed by atoms with Crippen LogP contribution < -0.4 is 5.32 Å². The number of hydrogen-bond donors (Lipinski definition) is 2. The SMILES string of the molecule is CNC(C)Cc1csc2c(O)cccc12. The normalized spacial score (nSPS) is 13.2. The number of hydrogen-bond acceptors (Lipinski definition) is 3. The van der Waals surface area contributed by atoms with Crippen LogP contribution in [0.1, 0.15) is 12.5 Å². The van der Waals surface area contributed by atoms with Crippen molar-refractivity contribution in [1.29, 1.82) is 0 Å². The first-order valence-electron chi connectivity index (χ1n) is 5.07. The van der Waals surface area contributed by atoms with Crippen molar-refractivity contribution in [2.24, 2.45) is 0 Å². The van der Waals surface area contributed by atoms with Crippen LogP contribution >= 0.6 is 11.3 Å². The lowest BCUT2D eigenvalue weighted by Crippen LogP contribution is -2.23. The van der Waals surface area contributed by atoms with Crippen LogP contribution in [0.15, 0.2) is 23.6 Å². The minimum Gasteiger partial charge on any atom is -0.506 e. The van der Waals surface area contributed by atoms with Gasteiger partial charge in [0.2, 0.25) is 0 Å².